The molecule has 1 aliphatic heterocycles. The molecule has 1 aliphatic rings. The predicted molar refractivity (Wildman–Crippen MR) is 79.5 cm³/mol. The van der Waals surface area contributed by atoms with Crippen LogP contribution >= 0.6 is 17.6 Å². The van der Waals surface area contributed by atoms with E-state index in [1.165, 1.54) is 30.1 Å². The minimum absolute atomic E-state index is 1.12. The van der Waals surface area contributed by atoms with Crippen LogP contribution in [0.5, 0.6) is 0 Å². The van der Waals surface area contributed by atoms with Gasteiger partial charge in [-0.25, -0.2) is 0 Å². The second-order valence-corrected chi connectivity index (χ2v) is 10.6. The zero-order chi connectivity index (χ0) is 11.6. The van der Waals surface area contributed by atoms with Crippen LogP contribution in [0.15, 0.2) is 24.3 Å². The first kappa shape index (κ1) is 12.6. The van der Waals surface area contributed by atoms with E-state index >= 15 is 0 Å². The van der Waals surface area contributed by atoms with Crippen LogP contribution in [0.1, 0.15) is 24.8 Å². The summed E-state index contributed by atoms with van der Waals surface area (Å²) in [4.78, 5) is 0. The maximum absolute atomic E-state index is 5.82. The van der Waals surface area contributed by atoms with Crippen LogP contribution in [-0.4, -0.2) is 17.8 Å². The van der Waals surface area contributed by atoms with Gasteiger partial charge in [0.25, 0.3) is 0 Å². The van der Waals surface area contributed by atoms with Crippen molar-refractivity contribution >= 4 is 34.8 Å². The second-order valence-electron chi connectivity index (χ2n) is 4.34. The Labute approximate surface area is 108 Å². The summed E-state index contributed by atoms with van der Waals surface area (Å²) in [6, 6.07) is 8.43. The summed E-state index contributed by atoms with van der Waals surface area (Å²) < 4.78 is 2.43. The van der Waals surface area contributed by atoms with Gasteiger partial charge in [0.05, 0.1) is 5.39 Å². The lowest BCUT2D eigenvalue weighted by Crippen LogP contribution is -2.29. The number of nitrogens with zero attached hydrogens (tertiary/aromatic N) is 1. The summed E-state index contributed by atoms with van der Waals surface area (Å²) in [5, 5.41) is -0.523. The van der Waals surface area contributed by atoms with Crippen molar-refractivity contribution in [2.24, 2.45) is 0 Å². The molecule has 1 aromatic carbocycles. The number of hydrogen-bond donors (Lipinski definition) is 1. The van der Waals surface area contributed by atoms with Crippen LogP contribution in [0.2, 0.25) is 0 Å². The standard InChI is InChI=1S/C12H18NPS2/c1-11-7-3-4-8-12(11)14(15,16)13-9-5-2-6-10-13/h3-4,7-8H,2,5-6,9-10H2,1H3,(H,15,16). The number of benzene rings is 1. The number of thiol groups is 1. The van der Waals surface area contributed by atoms with Crippen molar-refractivity contribution in [1.82, 2.24) is 4.67 Å². The SMILES string of the molecule is Cc1ccccc1P(=S)(S)N1CCCCC1. The fraction of sp³-hybridized carbons (Fsp3) is 0.500. The van der Waals surface area contributed by atoms with E-state index in [2.05, 4.69) is 35.9 Å². The highest BCUT2D eigenvalue weighted by Crippen LogP contribution is 2.54. The molecule has 0 bridgehead atoms. The van der Waals surface area contributed by atoms with Crippen molar-refractivity contribution in [3.63, 3.8) is 0 Å². The van der Waals surface area contributed by atoms with Gasteiger partial charge in [-0.2, -0.15) is 0 Å². The van der Waals surface area contributed by atoms with Crippen LogP contribution in [0.3, 0.4) is 0 Å². The number of hydrogen-bond acceptors (Lipinski definition) is 1. The fourth-order valence-electron chi connectivity index (χ4n) is 2.19. The molecule has 16 heavy (non-hydrogen) atoms. The molecule has 0 spiro atoms. The van der Waals surface area contributed by atoms with Gasteiger partial charge in [-0.1, -0.05) is 42.5 Å². The van der Waals surface area contributed by atoms with Gasteiger partial charge in [0.15, 0.2) is 0 Å². The maximum Gasteiger partial charge on any atom is 0.0925 e. The lowest BCUT2D eigenvalue weighted by Gasteiger charge is -2.35. The third-order valence-corrected chi connectivity index (χ3v) is 8.13. The first-order chi connectivity index (χ1) is 7.62. The molecule has 1 saturated heterocycles. The summed E-state index contributed by atoms with van der Waals surface area (Å²) in [6.07, 6.45) is 3.88. The van der Waals surface area contributed by atoms with Gasteiger partial charge in [0.1, 0.15) is 0 Å². The fourth-order valence-corrected chi connectivity index (χ4v) is 6.45. The van der Waals surface area contributed by atoms with E-state index in [1.54, 1.807) is 0 Å². The van der Waals surface area contributed by atoms with Crippen LogP contribution in [0, 0.1) is 6.92 Å². The summed E-state index contributed by atoms with van der Waals surface area (Å²) in [5.74, 6) is 0. The molecule has 0 N–H and O–H groups in total. The van der Waals surface area contributed by atoms with Crippen molar-refractivity contribution in [1.29, 1.82) is 0 Å². The Morgan fingerprint density at radius 3 is 2.44 bits per heavy atom. The molecule has 1 fully saturated rings. The van der Waals surface area contributed by atoms with Crippen molar-refractivity contribution in [3.8, 4) is 0 Å². The third-order valence-electron chi connectivity index (χ3n) is 3.15. The van der Waals surface area contributed by atoms with Crippen LogP contribution < -0.4 is 5.30 Å². The van der Waals surface area contributed by atoms with Crippen LogP contribution in [0.25, 0.3) is 0 Å². The van der Waals surface area contributed by atoms with Gasteiger partial charge in [-0.3, -0.25) is 4.67 Å². The van der Waals surface area contributed by atoms with Crippen molar-refractivity contribution in [2.75, 3.05) is 13.1 Å². The zero-order valence-electron chi connectivity index (χ0n) is 9.59. The highest BCUT2D eigenvalue weighted by atomic mass is 32.9. The summed E-state index contributed by atoms with van der Waals surface area (Å²) in [6.45, 7) is 4.38. The minimum Gasteiger partial charge on any atom is -0.264 e. The second kappa shape index (κ2) is 5.22. The average Bonchev–Trinajstić information content (AvgIpc) is 2.30. The largest absolute Gasteiger partial charge is 0.264 e. The molecule has 1 nitrogen and oxygen atoms in total. The predicted octanol–water partition coefficient (Wildman–Crippen LogP) is 3.35. The number of aryl methyl sites for hydroxylation is 1. The lowest BCUT2D eigenvalue weighted by molar-refractivity contribution is 0.375. The maximum atomic E-state index is 5.82. The topological polar surface area (TPSA) is 3.24 Å². The highest BCUT2D eigenvalue weighted by molar-refractivity contribution is 8.65. The molecule has 0 saturated carbocycles. The normalized spacial score (nSPS) is 21.6. The first-order valence-electron chi connectivity index (χ1n) is 5.77. The van der Waals surface area contributed by atoms with Gasteiger partial charge in [-0.15, -0.1) is 12.2 Å². The van der Waals surface area contributed by atoms with Gasteiger partial charge >= 0.3 is 0 Å². The first-order valence-corrected chi connectivity index (χ1v) is 9.67. The number of piperidine rings is 1. The van der Waals surface area contributed by atoms with Crippen molar-refractivity contribution in [3.05, 3.63) is 29.8 Å². The Balaban J connectivity index is 2.30. The minimum atomic E-state index is -1.80. The van der Waals surface area contributed by atoms with Gasteiger partial charge in [-0.05, 0) is 25.3 Å². The lowest BCUT2D eigenvalue weighted by atomic mass is 10.2. The van der Waals surface area contributed by atoms with Gasteiger partial charge < -0.3 is 0 Å². The summed E-state index contributed by atoms with van der Waals surface area (Å²) >= 11 is 10.7. The molecule has 0 amide bonds. The molecule has 0 radical (unpaired) electrons. The van der Waals surface area contributed by atoms with Crippen molar-refractivity contribution < 1.29 is 0 Å². The molecule has 4 heteroatoms. The zero-order valence-corrected chi connectivity index (χ0v) is 12.2. The van der Waals surface area contributed by atoms with Gasteiger partial charge in [0, 0.05) is 18.4 Å². The molecule has 1 aromatic rings. The smallest absolute Gasteiger partial charge is 0.0925 e. The molecule has 0 aliphatic carbocycles. The van der Waals surface area contributed by atoms with E-state index in [0.717, 1.165) is 13.1 Å². The molecular weight excluding hydrogens is 253 g/mol. The van der Waals surface area contributed by atoms with E-state index < -0.39 is 5.39 Å². The van der Waals surface area contributed by atoms with E-state index in [-0.39, 0.29) is 0 Å². The summed E-state index contributed by atoms with van der Waals surface area (Å²) in [5.41, 5.74) is 1.28. The Morgan fingerprint density at radius 1 is 1.19 bits per heavy atom. The molecule has 0 aromatic heterocycles. The molecule has 1 unspecified atom stereocenters. The highest BCUT2D eigenvalue weighted by Gasteiger charge is 2.26. The van der Waals surface area contributed by atoms with E-state index in [9.17, 15) is 0 Å². The Hall–Kier alpha value is 0.180. The van der Waals surface area contributed by atoms with E-state index in [0.29, 0.717) is 0 Å². The van der Waals surface area contributed by atoms with Crippen LogP contribution in [0.4, 0.5) is 0 Å². The van der Waals surface area contributed by atoms with E-state index in [4.69, 9.17) is 24.1 Å². The monoisotopic (exact) mass is 271 g/mol. The number of rotatable bonds is 2. The molecule has 2 rings (SSSR count). The van der Waals surface area contributed by atoms with E-state index in [1.807, 2.05) is 0 Å². The quantitative estimate of drug-likeness (QED) is 0.649. The molecule has 88 valence electrons. The van der Waals surface area contributed by atoms with Crippen LogP contribution in [-0.2, 0) is 11.8 Å². The third kappa shape index (κ3) is 2.53. The van der Waals surface area contributed by atoms with Gasteiger partial charge in [0.2, 0.25) is 0 Å². The average molecular weight is 271 g/mol. The molecule has 1 atom stereocenters. The Kier molecular flexibility index (Phi) is 4.12. The summed E-state index contributed by atoms with van der Waals surface area (Å²) in [7, 11) is 0. The molecular formula is C12H18NPS2. The molecule has 1 heterocycles. The Bertz CT molecular complexity index is 413. The van der Waals surface area contributed by atoms with Crippen molar-refractivity contribution in [2.45, 2.75) is 26.2 Å². The Morgan fingerprint density at radius 2 is 1.81 bits per heavy atom.